The molecule has 5 aromatic carbocycles. The van der Waals surface area contributed by atoms with E-state index in [-0.39, 0.29) is 52.0 Å². The van der Waals surface area contributed by atoms with Gasteiger partial charge in [-0.2, -0.15) is 0 Å². The number of nitrogens with two attached hydrogens (primary N) is 2. The number of phenols is 3. The van der Waals surface area contributed by atoms with Crippen LogP contribution in [0.2, 0.25) is 10.0 Å². The number of rotatable bonds is 13. The van der Waals surface area contributed by atoms with Crippen LogP contribution in [0, 0.1) is 5.92 Å². The molecule has 101 heavy (non-hydrogen) atoms. The number of fused-ring (bicyclic) bond motifs is 15. The number of likely N-dealkylation sites (N-methyl/N-ethyl adjacent to an activating group) is 1. The number of amides is 7. The number of carboxylic acid groups (broad SMARTS) is 1. The van der Waals surface area contributed by atoms with Crippen molar-refractivity contribution in [1.82, 2.24) is 37.2 Å². The van der Waals surface area contributed by atoms with E-state index in [2.05, 4.69) is 37.2 Å². The molecule has 7 aliphatic heterocycles. The van der Waals surface area contributed by atoms with Gasteiger partial charge in [-0.25, -0.2) is 4.79 Å². The SMILES string of the molecule is CNC(CC(C)C)C(=O)NC1C(=O)NC(CC(N)=O)C(=O)NC2C(=O)NC3C(=O)NC(C(=O)NC(C(=O)O)c4cc(O)cc(O)c4-c4cc3ccc4O)C(OC3CC(C)(N)C(O)C(C)O3)c3ccc(c(Cl)c3)Oc3cc2cc(c3OC2OC(CO)C(O)C(O)C2O)Oc2ccc(cc2Cl)C1O. The average molecular weight is 1450 g/mol. The largest absolute Gasteiger partial charge is 0.508 e. The van der Waals surface area contributed by atoms with Crippen molar-refractivity contribution in [3.8, 4) is 57.1 Å². The zero-order valence-corrected chi connectivity index (χ0v) is 55.8. The quantitative estimate of drug-likeness (QED) is 0.0743. The van der Waals surface area contributed by atoms with Gasteiger partial charge in [0.25, 0.3) is 0 Å². The van der Waals surface area contributed by atoms with Gasteiger partial charge in [0.2, 0.25) is 53.4 Å². The highest BCUT2D eigenvalue weighted by Gasteiger charge is 2.49. The summed E-state index contributed by atoms with van der Waals surface area (Å²) in [5, 5.41) is 129. The van der Waals surface area contributed by atoms with Crippen LogP contribution in [0.4, 0.5) is 0 Å². The third-order valence-corrected chi connectivity index (χ3v) is 18.4. The molecule has 18 unspecified atom stereocenters. The number of carboxylic acids is 1. The van der Waals surface area contributed by atoms with Crippen molar-refractivity contribution < 1.29 is 118 Å². The number of carbonyl (C=O) groups is 8. The number of ether oxygens (including phenoxy) is 6. The maximum Gasteiger partial charge on any atom is 0.330 e. The smallest absolute Gasteiger partial charge is 0.330 e. The van der Waals surface area contributed by atoms with Gasteiger partial charge >= 0.3 is 5.97 Å². The molecular weight excluding hydrogens is 1370 g/mol. The molecule has 542 valence electrons. The highest BCUT2D eigenvalue weighted by atomic mass is 35.5. The Bertz CT molecular complexity index is 4070. The summed E-state index contributed by atoms with van der Waals surface area (Å²) in [6, 6.07) is -0.386. The maximum absolute atomic E-state index is 16.1. The number of aliphatic carboxylic acids is 1. The van der Waals surface area contributed by atoms with Crippen LogP contribution in [0.5, 0.6) is 46.0 Å². The number of carbonyl (C=O) groups excluding carboxylic acids is 7. The first-order valence-electron chi connectivity index (χ1n) is 31.6. The predicted octanol–water partition coefficient (Wildman–Crippen LogP) is 0.106. The fourth-order valence-corrected chi connectivity index (χ4v) is 12.9. The van der Waals surface area contributed by atoms with Gasteiger partial charge in [-0.3, -0.25) is 33.6 Å². The molecule has 7 heterocycles. The minimum absolute atomic E-state index is 0.0953. The van der Waals surface area contributed by atoms with E-state index < -0.39 is 231 Å². The Labute approximate surface area is 584 Å². The first-order chi connectivity index (χ1) is 47.7. The van der Waals surface area contributed by atoms with Crippen LogP contribution in [-0.4, -0.2) is 191 Å². The molecule has 0 aromatic heterocycles. The molecule has 7 amide bonds. The number of hydrogen-bond acceptors (Lipinski definition) is 25. The summed E-state index contributed by atoms with van der Waals surface area (Å²) < 4.78 is 38.0. The van der Waals surface area contributed by atoms with Gasteiger partial charge in [0, 0.05) is 34.7 Å². The van der Waals surface area contributed by atoms with E-state index in [0.29, 0.717) is 0 Å². The molecule has 12 rings (SSSR count). The van der Waals surface area contributed by atoms with Gasteiger partial charge in [-0.1, -0.05) is 55.2 Å². The molecule has 2 saturated heterocycles. The minimum Gasteiger partial charge on any atom is -0.508 e. The number of nitrogens with one attached hydrogen (secondary N) is 7. The zero-order valence-electron chi connectivity index (χ0n) is 54.3. The summed E-state index contributed by atoms with van der Waals surface area (Å²) in [6.45, 7) is 5.60. The van der Waals surface area contributed by atoms with Gasteiger partial charge < -0.3 is 128 Å². The molecule has 33 nitrogen and oxygen atoms in total. The number of aliphatic hydroxyl groups is 6. The van der Waals surface area contributed by atoms with Crippen molar-refractivity contribution in [2.24, 2.45) is 17.4 Å². The van der Waals surface area contributed by atoms with Gasteiger partial charge in [0.15, 0.2) is 23.8 Å². The molecule has 0 spiro atoms. The van der Waals surface area contributed by atoms with Crippen molar-refractivity contribution in [2.45, 2.75) is 156 Å². The lowest BCUT2D eigenvalue weighted by Gasteiger charge is -2.44. The van der Waals surface area contributed by atoms with E-state index in [1.807, 2.05) is 13.8 Å². The average Bonchev–Trinajstić information content (AvgIpc) is 0.770. The van der Waals surface area contributed by atoms with Crippen LogP contribution in [-0.2, 0) is 52.6 Å². The normalized spacial score (nSPS) is 29.4. The minimum atomic E-state index is -2.35. The Morgan fingerprint density at radius 2 is 1.33 bits per heavy atom. The number of aliphatic hydroxyl groups excluding tert-OH is 6. The Morgan fingerprint density at radius 3 is 1.93 bits per heavy atom. The highest BCUT2D eigenvalue weighted by Crippen LogP contribution is 2.50. The molecule has 2 fully saturated rings. The molecule has 0 saturated carbocycles. The fourth-order valence-electron chi connectivity index (χ4n) is 12.5. The van der Waals surface area contributed by atoms with Crippen LogP contribution >= 0.6 is 23.2 Å². The first-order valence-corrected chi connectivity index (χ1v) is 32.4. The predicted molar refractivity (Wildman–Crippen MR) is 349 cm³/mol. The van der Waals surface area contributed by atoms with Gasteiger partial charge in [-0.15, -0.1) is 0 Å². The van der Waals surface area contributed by atoms with Crippen LogP contribution in [0.15, 0.2) is 78.9 Å². The van der Waals surface area contributed by atoms with Crippen molar-refractivity contribution in [3.05, 3.63) is 117 Å². The number of aromatic hydroxyl groups is 3. The Hall–Kier alpha value is -9.20. The maximum atomic E-state index is 16.1. The molecule has 0 aliphatic carbocycles. The second-order valence-electron chi connectivity index (χ2n) is 25.7. The molecule has 18 atom stereocenters. The topological polar surface area (TPSA) is 530 Å². The summed E-state index contributed by atoms with van der Waals surface area (Å²) >= 11 is 14.2. The summed E-state index contributed by atoms with van der Waals surface area (Å²) in [6.07, 6.45) is -19.0. The second kappa shape index (κ2) is 30.2. The zero-order chi connectivity index (χ0) is 73.5. The summed E-state index contributed by atoms with van der Waals surface area (Å²) in [5.74, 6) is -16.0. The van der Waals surface area contributed by atoms with Crippen molar-refractivity contribution in [1.29, 1.82) is 0 Å². The molecular formula is C66H75Cl2N9O24. The monoisotopic (exact) mass is 1450 g/mol. The van der Waals surface area contributed by atoms with E-state index in [4.69, 9.17) is 63.1 Å². The lowest BCUT2D eigenvalue weighted by molar-refractivity contribution is -0.277. The molecule has 21 N–H and O–H groups in total. The number of primary amides is 1. The molecule has 5 aromatic rings. The first kappa shape index (κ1) is 74.5. The Kier molecular flexibility index (Phi) is 22.2. The van der Waals surface area contributed by atoms with Crippen molar-refractivity contribution in [2.75, 3.05) is 13.7 Å². The van der Waals surface area contributed by atoms with Crippen LogP contribution in [0.1, 0.15) is 105 Å². The number of benzene rings is 5. The highest BCUT2D eigenvalue weighted by molar-refractivity contribution is 6.32. The molecule has 0 radical (unpaired) electrons. The van der Waals surface area contributed by atoms with Gasteiger partial charge in [0.1, 0.15) is 95.6 Å². The third kappa shape index (κ3) is 15.8. The number of phenolic OH excluding ortho intramolecular Hbond substituents is 3. The van der Waals surface area contributed by atoms with Crippen LogP contribution < -0.4 is 62.9 Å². The van der Waals surface area contributed by atoms with E-state index in [1.165, 1.54) is 45.2 Å². The fraction of sp³-hybridized carbons (Fsp3) is 0.424. The summed E-state index contributed by atoms with van der Waals surface area (Å²) in [7, 11) is 1.47. The molecule has 35 heteroatoms. The molecule has 11 bridgehead atoms. The van der Waals surface area contributed by atoms with Crippen molar-refractivity contribution >= 4 is 70.5 Å². The standard InChI is InChI=1S/C66H75Cl2N9O24/c1-23(2)12-34(71-5)58(88)76-49-51(83)26-7-10-38(32(67)14-26)97-40-16-28-17-41(56(40)101-65-54(86)53(85)52(84)42(22-78)99-65)98-39-11-8-27(15-33(39)68)55(100-44-21-66(4,70)57(87)24(3)96-44)50-63(93)75-48(64(94)95)31-18-29(79)19-37(81)45(31)30-13-25(6-9-36(30)80)46(60(90)77-50)74-61(91)47(28)73-59(89)35(20-43(69)82)72-62(49)92/h6-11,13-19,23-24,34-35,42,44,46-55,57,65,71,78-81,83-87H,12,20-22,70H2,1-5H3,(H2,69,82)(H,72,92)(H,73,89)(H,74,91)(H,75,93)(H,76,88)(H,77,90)(H,94,95). The van der Waals surface area contributed by atoms with Gasteiger partial charge in [-0.05, 0) is 110 Å². The van der Waals surface area contributed by atoms with E-state index in [9.17, 15) is 70.2 Å². The molecule has 7 aliphatic rings. The lowest BCUT2D eigenvalue weighted by atomic mass is 9.86. The van der Waals surface area contributed by atoms with E-state index >= 15 is 19.2 Å². The van der Waals surface area contributed by atoms with Crippen LogP contribution in [0.25, 0.3) is 11.1 Å². The number of halogens is 2. The number of hydrogen-bond donors (Lipinski definition) is 19. The Balaban J connectivity index is 1.26. The van der Waals surface area contributed by atoms with Crippen molar-refractivity contribution in [3.63, 3.8) is 0 Å². The third-order valence-electron chi connectivity index (χ3n) is 17.8. The Morgan fingerprint density at radius 1 is 0.713 bits per heavy atom. The van der Waals surface area contributed by atoms with Crippen LogP contribution in [0.3, 0.4) is 0 Å². The van der Waals surface area contributed by atoms with Gasteiger partial charge in [0.05, 0.1) is 41.3 Å². The summed E-state index contributed by atoms with van der Waals surface area (Å²) in [4.78, 5) is 118. The second-order valence-corrected chi connectivity index (χ2v) is 26.5. The van der Waals surface area contributed by atoms with E-state index in [0.717, 1.165) is 54.6 Å². The van der Waals surface area contributed by atoms with E-state index in [1.54, 1.807) is 0 Å². The lowest BCUT2D eigenvalue weighted by Crippen LogP contribution is -2.61. The summed E-state index contributed by atoms with van der Waals surface area (Å²) in [5.41, 5.74) is 8.15.